The smallest absolute Gasteiger partial charge is 0.0716 e. The fraction of sp³-hybridized carbons (Fsp3) is 0.167. The lowest BCUT2D eigenvalue weighted by Gasteiger charge is -2.08. The van der Waals surface area contributed by atoms with Crippen LogP contribution in [0.4, 0.5) is 0 Å². The number of hydrogen-bond acceptors (Lipinski definition) is 0. The number of rotatable bonds is 2. The predicted octanol–water partition coefficient (Wildman–Crippen LogP) is 3.40. The van der Waals surface area contributed by atoms with Gasteiger partial charge in [-0.1, -0.05) is 58.6 Å². The zero-order valence-electron chi connectivity index (χ0n) is 7.83. The summed E-state index contributed by atoms with van der Waals surface area (Å²) in [7, 11) is 5.72. The summed E-state index contributed by atoms with van der Waals surface area (Å²) in [6, 6.07) is 12.6. The number of benzene rings is 2. The van der Waals surface area contributed by atoms with E-state index in [9.17, 15) is 0 Å². The van der Waals surface area contributed by atoms with E-state index in [1.807, 2.05) is 0 Å². The first-order valence-electron chi connectivity index (χ1n) is 4.62. The fourth-order valence-corrected chi connectivity index (χ4v) is 2.25. The molecular weight excluding hydrogens is 235 g/mol. The van der Waals surface area contributed by atoms with Crippen molar-refractivity contribution in [1.29, 1.82) is 0 Å². The Morgan fingerprint density at radius 2 is 1.64 bits per heavy atom. The minimum absolute atomic E-state index is 0.599. The van der Waals surface area contributed by atoms with Crippen LogP contribution in [0.25, 0.3) is 10.8 Å². The van der Waals surface area contributed by atoms with Gasteiger partial charge in [0.1, 0.15) is 0 Å². The van der Waals surface area contributed by atoms with Gasteiger partial charge in [-0.05, 0) is 21.9 Å². The molecule has 0 amide bonds. The van der Waals surface area contributed by atoms with Gasteiger partial charge in [0.05, 0.1) is 7.85 Å². The zero-order valence-corrected chi connectivity index (χ0v) is 9.42. The van der Waals surface area contributed by atoms with E-state index >= 15 is 0 Å². The van der Waals surface area contributed by atoms with Crippen molar-refractivity contribution in [3.05, 3.63) is 47.5 Å². The lowest BCUT2D eigenvalue weighted by atomic mass is 9.90. The third kappa shape index (κ3) is 1.59. The van der Waals surface area contributed by atoms with E-state index in [2.05, 4.69) is 52.3 Å². The van der Waals surface area contributed by atoms with Crippen LogP contribution in [0.5, 0.6) is 0 Å². The molecule has 68 valence electrons. The SMILES string of the molecule is [B]Cc1cccc2cccc(CBr)c12. The molecule has 2 heteroatoms. The van der Waals surface area contributed by atoms with Gasteiger partial charge in [-0.25, -0.2) is 0 Å². The van der Waals surface area contributed by atoms with E-state index < -0.39 is 0 Å². The summed E-state index contributed by atoms with van der Waals surface area (Å²) >= 11 is 3.50. The highest BCUT2D eigenvalue weighted by Gasteiger charge is 2.02. The summed E-state index contributed by atoms with van der Waals surface area (Å²) in [4.78, 5) is 0. The first-order valence-corrected chi connectivity index (χ1v) is 5.74. The monoisotopic (exact) mass is 244 g/mol. The van der Waals surface area contributed by atoms with Crippen LogP contribution < -0.4 is 0 Å². The van der Waals surface area contributed by atoms with Gasteiger partial charge < -0.3 is 0 Å². The van der Waals surface area contributed by atoms with Gasteiger partial charge in [-0.15, -0.1) is 0 Å². The Morgan fingerprint density at radius 1 is 1.00 bits per heavy atom. The van der Waals surface area contributed by atoms with Crippen LogP contribution in [0.3, 0.4) is 0 Å². The van der Waals surface area contributed by atoms with Crippen molar-refractivity contribution in [3.8, 4) is 0 Å². The molecule has 0 aromatic heterocycles. The average Bonchev–Trinajstić information content (AvgIpc) is 2.27. The fourth-order valence-electron chi connectivity index (χ4n) is 1.78. The number of fused-ring (bicyclic) bond motifs is 1. The van der Waals surface area contributed by atoms with Gasteiger partial charge in [0.2, 0.25) is 0 Å². The molecule has 2 aromatic carbocycles. The molecule has 0 aliphatic heterocycles. The maximum Gasteiger partial charge on any atom is 0.0716 e. The third-order valence-corrected chi connectivity index (χ3v) is 3.05. The van der Waals surface area contributed by atoms with Crippen molar-refractivity contribution in [1.82, 2.24) is 0 Å². The van der Waals surface area contributed by atoms with Crippen LogP contribution in [0, 0.1) is 0 Å². The quantitative estimate of drug-likeness (QED) is 0.561. The molecule has 0 saturated heterocycles. The second-order valence-corrected chi connectivity index (χ2v) is 3.83. The van der Waals surface area contributed by atoms with Crippen molar-refractivity contribution < 1.29 is 0 Å². The van der Waals surface area contributed by atoms with Crippen molar-refractivity contribution in [2.24, 2.45) is 0 Å². The number of halogens is 1. The van der Waals surface area contributed by atoms with Crippen molar-refractivity contribution >= 4 is 34.5 Å². The molecule has 0 fully saturated rings. The highest BCUT2D eigenvalue weighted by molar-refractivity contribution is 9.08. The number of alkyl halides is 1. The standard InChI is InChI=1S/C12H10BBr/c13-7-10-5-1-3-9-4-2-6-11(8-14)12(9)10/h1-6H,7-8H2. The van der Waals surface area contributed by atoms with Gasteiger partial charge >= 0.3 is 0 Å². The number of hydrogen-bond donors (Lipinski definition) is 0. The first-order chi connectivity index (χ1) is 6.86. The van der Waals surface area contributed by atoms with Gasteiger partial charge in [0, 0.05) is 5.33 Å². The normalized spacial score (nSPS) is 10.6. The Morgan fingerprint density at radius 3 is 2.21 bits per heavy atom. The van der Waals surface area contributed by atoms with E-state index in [-0.39, 0.29) is 0 Å². The largest absolute Gasteiger partial charge is 0.0876 e. The molecule has 0 unspecified atom stereocenters. The van der Waals surface area contributed by atoms with Crippen LogP contribution in [-0.4, -0.2) is 7.85 Å². The molecule has 0 spiro atoms. The van der Waals surface area contributed by atoms with E-state index in [1.54, 1.807) is 0 Å². The molecule has 2 rings (SSSR count). The first kappa shape index (κ1) is 9.79. The van der Waals surface area contributed by atoms with Crippen molar-refractivity contribution in [2.45, 2.75) is 11.7 Å². The summed E-state index contributed by atoms with van der Waals surface area (Å²) in [5.41, 5.74) is 2.53. The van der Waals surface area contributed by atoms with Gasteiger partial charge in [0.15, 0.2) is 0 Å². The molecule has 0 N–H and O–H groups in total. The molecule has 0 nitrogen and oxygen atoms in total. The van der Waals surface area contributed by atoms with E-state index in [0.29, 0.717) is 6.32 Å². The third-order valence-electron chi connectivity index (χ3n) is 2.44. The lowest BCUT2D eigenvalue weighted by Crippen LogP contribution is -1.90. The van der Waals surface area contributed by atoms with E-state index in [1.165, 1.54) is 21.9 Å². The van der Waals surface area contributed by atoms with Gasteiger partial charge in [0.25, 0.3) is 0 Å². The minimum atomic E-state index is 0.599. The van der Waals surface area contributed by atoms with Crippen LogP contribution in [-0.2, 0) is 11.7 Å². The van der Waals surface area contributed by atoms with Gasteiger partial charge in [-0.2, -0.15) is 0 Å². The molecule has 0 aliphatic rings. The highest BCUT2D eigenvalue weighted by Crippen LogP contribution is 2.24. The molecule has 0 atom stereocenters. The summed E-state index contributed by atoms with van der Waals surface area (Å²) in [5.74, 6) is 0. The summed E-state index contributed by atoms with van der Waals surface area (Å²) in [6.45, 7) is 0. The molecular formula is C12H10BBr. The Kier molecular flexibility index (Phi) is 2.92. The minimum Gasteiger partial charge on any atom is -0.0876 e. The van der Waals surface area contributed by atoms with Crippen LogP contribution >= 0.6 is 15.9 Å². The Bertz CT molecular complexity index is 412. The summed E-state index contributed by atoms with van der Waals surface area (Å²) in [6.07, 6.45) is 0.599. The maximum absolute atomic E-state index is 5.72. The Labute approximate surface area is 93.9 Å². The van der Waals surface area contributed by atoms with Gasteiger partial charge in [-0.3, -0.25) is 0 Å². The molecule has 2 aromatic rings. The average molecular weight is 245 g/mol. The molecule has 0 saturated carbocycles. The van der Waals surface area contributed by atoms with E-state index in [0.717, 1.165) is 5.33 Å². The van der Waals surface area contributed by atoms with Crippen LogP contribution in [0.1, 0.15) is 11.1 Å². The van der Waals surface area contributed by atoms with Crippen molar-refractivity contribution in [2.75, 3.05) is 0 Å². The lowest BCUT2D eigenvalue weighted by molar-refractivity contribution is 1.40. The second-order valence-electron chi connectivity index (χ2n) is 3.27. The molecule has 2 radical (unpaired) electrons. The molecule has 0 heterocycles. The summed E-state index contributed by atoms with van der Waals surface area (Å²) < 4.78 is 0. The molecule has 0 aliphatic carbocycles. The molecule has 0 bridgehead atoms. The second kappa shape index (κ2) is 4.18. The Balaban J connectivity index is 2.81. The predicted molar refractivity (Wildman–Crippen MR) is 66.0 cm³/mol. The topological polar surface area (TPSA) is 0 Å². The van der Waals surface area contributed by atoms with Crippen LogP contribution in [0.15, 0.2) is 36.4 Å². The highest BCUT2D eigenvalue weighted by atomic mass is 79.9. The summed E-state index contributed by atoms with van der Waals surface area (Å²) in [5, 5.41) is 3.45. The van der Waals surface area contributed by atoms with E-state index in [4.69, 9.17) is 7.85 Å². The van der Waals surface area contributed by atoms with Crippen LogP contribution in [0.2, 0.25) is 0 Å². The maximum atomic E-state index is 5.72. The molecule has 14 heavy (non-hydrogen) atoms. The van der Waals surface area contributed by atoms with Crippen molar-refractivity contribution in [3.63, 3.8) is 0 Å². The Hall–Kier alpha value is -0.755. The zero-order chi connectivity index (χ0) is 9.97.